The highest BCUT2D eigenvalue weighted by Gasteiger charge is 2.11. The number of ether oxygens (including phenoxy) is 1. The van der Waals surface area contributed by atoms with Gasteiger partial charge in [0.1, 0.15) is 22.4 Å². The molecule has 0 amide bonds. The number of benzene rings is 3. The lowest BCUT2D eigenvalue weighted by atomic mass is 10.1. The maximum absolute atomic E-state index is 9.75. The normalized spacial score (nSPS) is 11.6. The van der Waals surface area contributed by atoms with Crippen LogP contribution in [0.1, 0.15) is 11.9 Å². The van der Waals surface area contributed by atoms with Crippen molar-refractivity contribution in [1.29, 1.82) is 5.26 Å². The van der Waals surface area contributed by atoms with Crippen molar-refractivity contribution in [2.24, 2.45) is 0 Å². The molecule has 2 aromatic heterocycles. The number of nitriles is 1. The van der Waals surface area contributed by atoms with Gasteiger partial charge in [-0.3, -0.25) is 0 Å². The molecule has 0 aliphatic rings. The lowest BCUT2D eigenvalue weighted by Crippen LogP contribution is -1.94. The van der Waals surface area contributed by atoms with Crippen molar-refractivity contribution < 1.29 is 4.74 Å². The van der Waals surface area contributed by atoms with Crippen LogP contribution >= 0.6 is 11.3 Å². The van der Waals surface area contributed by atoms with Crippen molar-refractivity contribution in [1.82, 2.24) is 9.55 Å². The summed E-state index contributed by atoms with van der Waals surface area (Å²) in [7, 11) is 1.64. The Balaban J connectivity index is 1.45. The second-order valence-electron chi connectivity index (χ2n) is 7.58. The highest BCUT2D eigenvalue weighted by Crippen LogP contribution is 2.32. The van der Waals surface area contributed by atoms with Crippen LogP contribution in [0.4, 0.5) is 5.69 Å². The zero-order valence-corrected chi connectivity index (χ0v) is 19.2. The van der Waals surface area contributed by atoms with Crippen molar-refractivity contribution in [2.75, 3.05) is 12.4 Å². The molecule has 0 atom stereocenters. The largest absolute Gasteiger partial charge is 0.497 e. The molecule has 0 saturated carbocycles. The van der Waals surface area contributed by atoms with E-state index in [1.807, 2.05) is 35.7 Å². The number of nitrogens with one attached hydrogen (secondary N) is 1. The van der Waals surface area contributed by atoms with Gasteiger partial charge in [0.25, 0.3) is 0 Å². The Morgan fingerprint density at radius 2 is 1.94 bits per heavy atom. The van der Waals surface area contributed by atoms with Crippen molar-refractivity contribution in [3.63, 3.8) is 0 Å². The molecule has 5 rings (SSSR count). The summed E-state index contributed by atoms with van der Waals surface area (Å²) in [6, 6.07) is 24.8. The van der Waals surface area contributed by atoms with Gasteiger partial charge in [-0.1, -0.05) is 30.3 Å². The van der Waals surface area contributed by atoms with E-state index in [0.717, 1.165) is 29.2 Å². The van der Waals surface area contributed by atoms with E-state index in [1.165, 1.54) is 33.1 Å². The van der Waals surface area contributed by atoms with E-state index in [2.05, 4.69) is 64.3 Å². The first kappa shape index (κ1) is 20.8. The number of aryl methyl sites for hydroxylation is 1. The SMILES string of the molecule is CCn1c2ccccc2c2cc(NC=C(C#N)c3nc(-c4cccc(OC)c4)cs3)ccc21. The average Bonchev–Trinajstić information content (AvgIpc) is 3.47. The minimum atomic E-state index is 0.491. The third-order valence-electron chi connectivity index (χ3n) is 5.69. The molecule has 5 nitrogen and oxygen atoms in total. The number of allylic oxidation sites excluding steroid dienone is 1. The summed E-state index contributed by atoms with van der Waals surface area (Å²) in [4.78, 5) is 4.67. The summed E-state index contributed by atoms with van der Waals surface area (Å²) in [6.45, 7) is 3.07. The van der Waals surface area contributed by atoms with E-state index in [4.69, 9.17) is 4.74 Å². The van der Waals surface area contributed by atoms with E-state index in [1.54, 1.807) is 13.3 Å². The number of hydrogen-bond donors (Lipinski definition) is 1. The van der Waals surface area contributed by atoms with Crippen LogP contribution in [0.3, 0.4) is 0 Å². The molecule has 3 aromatic carbocycles. The van der Waals surface area contributed by atoms with Crippen LogP contribution in [-0.4, -0.2) is 16.7 Å². The van der Waals surface area contributed by atoms with Crippen LogP contribution in [0.15, 0.2) is 78.3 Å². The highest BCUT2D eigenvalue weighted by molar-refractivity contribution is 7.11. The van der Waals surface area contributed by atoms with E-state index in [9.17, 15) is 5.26 Å². The molecule has 33 heavy (non-hydrogen) atoms. The first-order valence-electron chi connectivity index (χ1n) is 10.7. The number of anilines is 1. The van der Waals surface area contributed by atoms with E-state index >= 15 is 0 Å². The van der Waals surface area contributed by atoms with Crippen LogP contribution in [0.25, 0.3) is 38.6 Å². The molecule has 5 aromatic rings. The molecule has 0 aliphatic heterocycles. The van der Waals surface area contributed by atoms with Crippen LogP contribution in [0.5, 0.6) is 5.75 Å². The molecule has 6 heteroatoms. The number of aromatic nitrogens is 2. The summed E-state index contributed by atoms with van der Waals surface area (Å²) < 4.78 is 7.63. The molecular formula is C27H22N4OS. The number of hydrogen-bond acceptors (Lipinski definition) is 5. The molecule has 0 spiro atoms. The Kier molecular flexibility index (Phi) is 5.55. The number of para-hydroxylation sites is 1. The number of fused-ring (bicyclic) bond motifs is 3. The molecule has 1 N–H and O–H groups in total. The molecule has 0 radical (unpaired) electrons. The Hall–Kier alpha value is -4.08. The van der Waals surface area contributed by atoms with Crippen LogP contribution in [0.2, 0.25) is 0 Å². The highest BCUT2D eigenvalue weighted by atomic mass is 32.1. The van der Waals surface area contributed by atoms with Crippen molar-refractivity contribution in [2.45, 2.75) is 13.5 Å². The van der Waals surface area contributed by atoms with Crippen LogP contribution in [0, 0.1) is 11.3 Å². The lowest BCUT2D eigenvalue weighted by molar-refractivity contribution is 0.415. The molecule has 0 saturated heterocycles. The zero-order chi connectivity index (χ0) is 22.8. The number of methoxy groups -OCH3 is 1. The average molecular weight is 451 g/mol. The maximum Gasteiger partial charge on any atom is 0.136 e. The molecule has 0 unspecified atom stereocenters. The summed E-state index contributed by atoms with van der Waals surface area (Å²) in [5.41, 5.74) is 5.64. The summed E-state index contributed by atoms with van der Waals surface area (Å²) in [5, 5.41) is 18.1. The zero-order valence-electron chi connectivity index (χ0n) is 18.4. The number of nitrogens with zero attached hydrogens (tertiary/aromatic N) is 3. The monoisotopic (exact) mass is 450 g/mol. The van der Waals surface area contributed by atoms with E-state index in [-0.39, 0.29) is 0 Å². The van der Waals surface area contributed by atoms with E-state index in [0.29, 0.717) is 10.6 Å². The van der Waals surface area contributed by atoms with Gasteiger partial charge >= 0.3 is 0 Å². The summed E-state index contributed by atoms with van der Waals surface area (Å²) in [6.07, 6.45) is 1.73. The minimum Gasteiger partial charge on any atom is -0.497 e. The minimum absolute atomic E-state index is 0.491. The summed E-state index contributed by atoms with van der Waals surface area (Å²) in [5.74, 6) is 0.777. The third kappa shape index (κ3) is 3.84. The lowest BCUT2D eigenvalue weighted by Gasteiger charge is -2.05. The van der Waals surface area contributed by atoms with Gasteiger partial charge in [0.2, 0.25) is 0 Å². The fraction of sp³-hybridized carbons (Fsp3) is 0.111. The van der Waals surface area contributed by atoms with Gasteiger partial charge in [-0.2, -0.15) is 5.26 Å². The standard InChI is InChI=1S/C27H22N4OS/c1-3-31-25-10-5-4-9-22(25)23-14-20(11-12-26(23)31)29-16-19(15-28)27-30-24(17-33-27)18-7-6-8-21(13-18)32-2/h4-14,16-17,29H,3H2,1-2H3. The predicted octanol–water partition coefficient (Wildman–Crippen LogP) is 6.92. The second kappa shape index (κ2) is 8.81. The molecule has 0 bridgehead atoms. The smallest absolute Gasteiger partial charge is 0.136 e. The molecule has 0 fully saturated rings. The van der Waals surface area contributed by atoms with E-state index < -0.39 is 0 Å². The van der Waals surface area contributed by atoms with Gasteiger partial charge < -0.3 is 14.6 Å². The molecule has 0 aliphatic carbocycles. The van der Waals surface area contributed by atoms with Gasteiger partial charge in [0, 0.05) is 51.2 Å². The van der Waals surface area contributed by atoms with Crippen molar-refractivity contribution in [3.05, 3.63) is 83.3 Å². The Morgan fingerprint density at radius 3 is 2.76 bits per heavy atom. The number of rotatable bonds is 6. The second-order valence-corrected chi connectivity index (χ2v) is 8.44. The van der Waals surface area contributed by atoms with Gasteiger partial charge in [-0.05, 0) is 43.3 Å². The predicted molar refractivity (Wildman–Crippen MR) is 136 cm³/mol. The fourth-order valence-corrected chi connectivity index (χ4v) is 4.89. The van der Waals surface area contributed by atoms with Crippen molar-refractivity contribution >= 4 is 44.4 Å². The summed E-state index contributed by atoms with van der Waals surface area (Å²) >= 11 is 1.45. The third-order valence-corrected chi connectivity index (χ3v) is 6.57. The fourth-order valence-electron chi connectivity index (χ4n) is 4.09. The first-order chi connectivity index (χ1) is 16.2. The van der Waals surface area contributed by atoms with Gasteiger partial charge in [0.15, 0.2) is 0 Å². The van der Waals surface area contributed by atoms with Crippen LogP contribution in [-0.2, 0) is 6.54 Å². The number of thiazole rings is 1. The molecule has 2 heterocycles. The first-order valence-corrected chi connectivity index (χ1v) is 11.6. The molecule has 162 valence electrons. The molecular weight excluding hydrogens is 428 g/mol. The topological polar surface area (TPSA) is 62.9 Å². The van der Waals surface area contributed by atoms with Crippen LogP contribution < -0.4 is 10.1 Å². The van der Waals surface area contributed by atoms with Gasteiger partial charge in [-0.15, -0.1) is 11.3 Å². The Labute approximate surface area is 196 Å². The quantitative estimate of drug-likeness (QED) is 0.285. The Bertz CT molecular complexity index is 1540. The van der Waals surface area contributed by atoms with Crippen molar-refractivity contribution in [3.8, 4) is 23.1 Å². The van der Waals surface area contributed by atoms with Gasteiger partial charge in [0.05, 0.1) is 12.8 Å². The Morgan fingerprint density at radius 1 is 1.09 bits per heavy atom. The van der Waals surface area contributed by atoms with Gasteiger partial charge in [-0.25, -0.2) is 4.98 Å². The maximum atomic E-state index is 9.75.